The van der Waals surface area contributed by atoms with E-state index in [0.717, 1.165) is 25.9 Å². The first kappa shape index (κ1) is 17.2. The third kappa shape index (κ3) is 3.26. The molecule has 2 atom stereocenters. The number of hydrogen-bond acceptors (Lipinski definition) is 5. The molecule has 0 saturated carbocycles. The topological polar surface area (TPSA) is 60.9 Å². The maximum absolute atomic E-state index is 13.0. The molecule has 2 aliphatic heterocycles. The van der Waals surface area contributed by atoms with Gasteiger partial charge in [0, 0.05) is 37.9 Å². The molecule has 0 N–H and O–H groups in total. The summed E-state index contributed by atoms with van der Waals surface area (Å²) in [5, 5.41) is 0. The maximum atomic E-state index is 13.0. The molecule has 3 heterocycles. The summed E-state index contributed by atoms with van der Waals surface area (Å²) in [6.45, 7) is 5.48. The lowest BCUT2D eigenvalue weighted by Gasteiger charge is -2.50. The number of carbonyl (C=O) groups excluding carboxylic acids is 1. The highest BCUT2D eigenvalue weighted by Crippen LogP contribution is 2.41. The number of aromatic nitrogens is 1. The molecule has 24 heavy (non-hydrogen) atoms. The van der Waals surface area contributed by atoms with E-state index >= 15 is 0 Å². The minimum absolute atomic E-state index is 0.0279. The van der Waals surface area contributed by atoms with Crippen LogP contribution in [0, 0.1) is 5.41 Å². The second-order valence-corrected chi connectivity index (χ2v) is 6.54. The molecule has 0 radical (unpaired) electrons. The molecule has 2 aliphatic rings. The van der Waals surface area contributed by atoms with Crippen molar-refractivity contribution in [3.8, 4) is 5.88 Å². The van der Waals surface area contributed by atoms with Crippen molar-refractivity contribution in [1.29, 1.82) is 0 Å². The monoisotopic (exact) mass is 334 g/mol. The van der Waals surface area contributed by atoms with Crippen molar-refractivity contribution >= 4 is 5.91 Å². The summed E-state index contributed by atoms with van der Waals surface area (Å²) in [5.41, 5.74) is 0.416. The van der Waals surface area contributed by atoms with E-state index in [-0.39, 0.29) is 17.4 Å². The van der Waals surface area contributed by atoms with Crippen LogP contribution in [0.1, 0.15) is 36.5 Å². The van der Waals surface area contributed by atoms with Crippen molar-refractivity contribution in [2.45, 2.75) is 32.3 Å². The Hall–Kier alpha value is -1.66. The number of methoxy groups -OCH3 is 1. The van der Waals surface area contributed by atoms with Gasteiger partial charge in [-0.15, -0.1) is 0 Å². The number of nitrogens with zero attached hydrogens (tertiary/aromatic N) is 2. The Labute approximate surface area is 143 Å². The first-order chi connectivity index (χ1) is 11.7. The maximum Gasteiger partial charge on any atom is 0.259 e. The third-order valence-corrected chi connectivity index (χ3v) is 5.06. The van der Waals surface area contributed by atoms with Crippen LogP contribution < -0.4 is 4.74 Å². The Morgan fingerprint density at radius 2 is 2.42 bits per heavy atom. The molecule has 0 spiro atoms. The number of carbonyl (C=O) groups is 1. The van der Waals surface area contributed by atoms with E-state index in [1.54, 1.807) is 18.3 Å². The standard InChI is InChI=1S/C18H26N2O4/c1-3-23-13-18-8-5-11-24-15(18)7-10-20(12-18)17(21)14-6-4-9-19-16(14)22-2/h4,6,9,15H,3,5,7-8,10-13H2,1-2H3/t15-,18-/m1/s1. The minimum atomic E-state index is -0.0996. The van der Waals surface area contributed by atoms with Crippen LogP contribution >= 0.6 is 0 Å². The first-order valence-corrected chi connectivity index (χ1v) is 8.68. The number of amides is 1. The van der Waals surface area contributed by atoms with Crippen molar-refractivity contribution in [2.24, 2.45) is 5.41 Å². The van der Waals surface area contributed by atoms with E-state index in [1.807, 2.05) is 11.8 Å². The Balaban J connectivity index is 1.80. The zero-order valence-electron chi connectivity index (χ0n) is 14.5. The Morgan fingerprint density at radius 3 is 3.21 bits per heavy atom. The van der Waals surface area contributed by atoms with Gasteiger partial charge in [-0.3, -0.25) is 4.79 Å². The van der Waals surface area contributed by atoms with Crippen molar-refractivity contribution in [3.05, 3.63) is 23.9 Å². The summed E-state index contributed by atoms with van der Waals surface area (Å²) in [6, 6.07) is 3.54. The van der Waals surface area contributed by atoms with Crippen LogP contribution in [0.4, 0.5) is 0 Å². The number of likely N-dealkylation sites (tertiary alicyclic amines) is 1. The minimum Gasteiger partial charge on any atom is -0.480 e. The van der Waals surface area contributed by atoms with Crippen LogP contribution in [-0.4, -0.2) is 61.9 Å². The Morgan fingerprint density at radius 1 is 1.54 bits per heavy atom. The summed E-state index contributed by atoms with van der Waals surface area (Å²) in [4.78, 5) is 19.0. The molecule has 0 unspecified atom stereocenters. The second-order valence-electron chi connectivity index (χ2n) is 6.54. The highest BCUT2D eigenvalue weighted by molar-refractivity contribution is 5.96. The number of rotatable bonds is 5. The normalized spacial score (nSPS) is 26.8. The van der Waals surface area contributed by atoms with Gasteiger partial charge < -0.3 is 19.1 Å². The Bertz CT molecular complexity index is 580. The van der Waals surface area contributed by atoms with E-state index in [4.69, 9.17) is 14.2 Å². The Kier molecular flexibility index (Phi) is 5.36. The van der Waals surface area contributed by atoms with Crippen LogP contribution in [0.3, 0.4) is 0 Å². The largest absolute Gasteiger partial charge is 0.480 e. The predicted octanol–water partition coefficient (Wildman–Crippen LogP) is 2.14. The number of ether oxygens (including phenoxy) is 3. The van der Waals surface area contributed by atoms with E-state index in [1.165, 1.54) is 7.11 Å². The van der Waals surface area contributed by atoms with Crippen LogP contribution in [0.15, 0.2) is 18.3 Å². The molecule has 132 valence electrons. The fourth-order valence-electron chi connectivity index (χ4n) is 3.87. The van der Waals surface area contributed by atoms with Gasteiger partial charge in [-0.2, -0.15) is 0 Å². The highest BCUT2D eigenvalue weighted by atomic mass is 16.5. The predicted molar refractivity (Wildman–Crippen MR) is 89.2 cm³/mol. The van der Waals surface area contributed by atoms with E-state index in [0.29, 0.717) is 37.7 Å². The van der Waals surface area contributed by atoms with Gasteiger partial charge in [0.05, 0.1) is 19.8 Å². The molecule has 0 aliphatic carbocycles. The summed E-state index contributed by atoms with van der Waals surface area (Å²) >= 11 is 0. The average Bonchev–Trinajstić information content (AvgIpc) is 2.65. The van der Waals surface area contributed by atoms with Gasteiger partial charge in [0.25, 0.3) is 5.91 Å². The fourth-order valence-corrected chi connectivity index (χ4v) is 3.87. The lowest BCUT2D eigenvalue weighted by Crippen LogP contribution is -2.58. The molecule has 1 aromatic heterocycles. The molecule has 6 heteroatoms. The molecule has 0 aromatic carbocycles. The van der Waals surface area contributed by atoms with Gasteiger partial charge in [-0.05, 0) is 38.3 Å². The molecular formula is C18H26N2O4. The number of pyridine rings is 1. The third-order valence-electron chi connectivity index (χ3n) is 5.06. The lowest BCUT2D eigenvalue weighted by atomic mass is 9.73. The molecular weight excluding hydrogens is 308 g/mol. The summed E-state index contributed by atoms with van der Waals surface area (Å²) in [5.74, 6) is 0.350. The van der Waals surface area contributed by atoms with Gasteiger partial charge in [-0.25, -0.2) is 4.98 Å². The molecule has 1 amide bonds. The number of fused-ring (bicyclic) bond motifs is 1. The van der Waals surface area contributed by atoms with Crippen molar-refractivity contribution in [2.75, 3.05) is 40.0 Å². The molecule has 3 rings (SSSR count). The van der Waals surface area contributed by atoms with Gasteiger partial charge >= 0.3 is 0 Å². The van der Waals surface area contributed by atoms with Crippen molar-refractivity contribution in [1.82, 2.24) is 9.88 Å². The lowest BCUT2D eigenvalue weighted by molar-refractivity contribution is -0.146. The summed E-state index contributed by atoms with van der Waals surface area (Å²) in [6.07, 6.45) is 4.71. The van der Waals surface area contributed by atoms with E-state index < -0.39 is 0 Å². The molecule has 1 aromatic rings. The van der Waals surface area contributed by atoms with Gasteiger partial charge in [0.2, 0.25) is 5.88 Å². The van der Waals surface area contributed by atoms with Crippen LogP contribution in [0.5, 0.6) is 5.88 Å². The molecule has 0 bridgehead atoms. The number of piperidine rings is 1. The quantitative estimate of drug-likeness (QED) is 0.825. The fraction of sp³-hybridized carbons (Fsp3) is 0.667. The average molecular weight is 334 g/mol. The van der Waals surface area contributed by atoms with Crippen molar-refractivity contribution < 1.29 is 19.0 Å². The van der Waals surface area contributed by atoms with Gasteiger partial charge in [-0.1, -0.05) is 0 Å². The zero-order chi connectivity index (χ0) is 17.0. The van der Waals surface area contributed by atoms with Crippen LogP contribution in [-0.2, 0) is 9.47 Å². The second kappa shape index (κ2) is 7.49. The number of hydrogen-bond donors (Lipinski definition) is 0. The smallest absolute Gasteiger partial charge is 0.259 e. The van der Waals surface area contributed by atoms with Crippen LogP contribution in [0.2, 0.25) is 0 Å². The molecule has 6 nitrogen and oxygen atoms in total. The van der Waals surface area contributed by atoms with E-state index in [9.17, 15) is 4.79 Å². The molecule has 2 fully saturated rings. The highest BCUT2D eigenvalue weighted by Gasteiger charge is 2.47. The van der Waals surface area contributed by atoms with Crippen molar-refractivity contribution in [3.63, 3.8) is 0 Å². The summed E-state index contributed by atoms with van der Waals surface area (Å²) < 4.78 is 17.0. The van der Waals surface area contributed by atoms with Crippen LogP contribution in [0.25, 0.3) is 0 Å². The zero-order valence-corrected chi connectivity index (χ0v) is 14.5. The first-order valence-electron chi connectivity index (χ1n) is 8.68. The van der Waals surface area contributed by atoms with E-state index in [2.05, 4.69) is 4.98 Å². The van der Waals surface area contributed by atoms with Gasteiger partial charge in [0.1, 0.15) is 5.56 Å². The van der Waals surface area contributed by atoms with Gasteiger partial charge in [0.15, 0.2) is 0 Å². The SMILES string of the molecule is CCOC[C@]12CCCO[C@@H]1CCN(C(=O)c1cccnc1OC)C2. The summed E-state index contributed by atoms with van der Waals surface area (Å²) in [7, 11) is 1.54. The molecule has 2 saturated heterocycles.